The fraction of sp³-hybridized carbons (Fsp3) is 0.833. The lowest BCUT2D eigenvalue weighted by molar-refractivity contribution is -0.130. The lowest BCUT2D eigenvalue weighted by atomic mass is 9.89. The summed E-state index contributed by atoms with van der Waals surface area (Å²) in [6.45, 7) is 7.82. The molecule has 6 heteroatoms. The summed E-state index contributed by atoms with van der Waals surface area (Å²) in [5.41, 5.74) is -0.355. The van der Waals surface area contributed by atoms with Crippen molar-refractivity contribution < 1.29 is 4.79 Å². The van der Waals surface area contributed by atoms with Gasteiger partial charge in [0.25, 0.3) is 0 Å². The Morgan fingerprint density at radius 2 is 2.22 bits per heavy atom. The van der Waals surface area contributed by atoms with Crippen molar-refractivity contribution in [1.82, 2.24) is 25.5 Å². The number of carbonyl (C=O) groups is 1. The third-order valence-electron chi connectivity index (χ3n) is 3.64. The normalized spacial score (nSPS) is 17.6. The van der Waals surface area contributed by atoms with Crippen molar-refractivity contribution >= 4 is 5.91 Å². The number of nitrogens with one attached hydrogen (secondary N) is 1. The van der Waals surface area contributed by atoms with Crippen LogP contribution in [-0.4, -0.2) is 26.1 Å². The Hall–Kier alpha value is -1.46. The predicted molar refractivity (Wildman–Crippen MR) is 66.7 cm³/mol. The van der Waals surface area contributed by atoms with Crippen LogP contribution in [0.25, 0.3) is 0 Å². The average molecular weight is 251 g/mol. The second-order valence-corrected chi connectivity index (χ2v) is 5.65. The molecule has 0 radical (unpaired) electrons. The van der Waals surface area contributed by atoms with Crippen LogP contribution in [0.3, 0.4) is 0 Å². The van der Waals surface area contributed by atoms with Crippen molar-refractivity contribution in [3.05, 3.63) is 5.82 Å². The van der Waals surface area contributed by atoms with E-state index in [4.69, 9.17) is 0 Å². The number of nitrogens with zero attached hydrogens (tertiary/aromatic N) is 4. The molecule has 1 aromatic heterocycles. The lowest BCUT2D eigenvalue weighted by Crippen LogP contribution is -2.38. The van der Waals surface area contributed by atoms with E-state index >= 15 is 0 Å². The van der Waals surface area contributed by atoms with E-state index in [-0.39, 0.29) is 17.4 Å². The highest BCUT2D eigenvalue weighted by Crippen LogP contribution is 2.35. The summed E-state index contributed by atoms with van der Waals surface area (Å²) < 4.78 is 1.84. The molecule has 1 amide bonds. The molecule has 1 heterocycles. The molecule has 0 saturated heterocycles. The van der Waals surface area contributed by atoms with Gasteiger partial charge in [0.1, 0.15) is 0 Å². The molecule has 1 N–H and O–H groups in total. The largest absolute Gasteiger partial charge is 0.346 e. The van der Waals surface area contributed by atoms with Crippen molar-refractivity contribution in [2.24, 2.45) is 5.41 Å². The number of aromatic nitrogens is 4. The summed E-state index contributed by atoms with van der Waals surface area (Å²) in [5.74, 6) is 0.792. The van der Waals surface area contributed by atoms with Crippen LogP contribution in [0.15, 0.2) is 0 Å². The zero-order valence-electron chi connectivity index (χ0n) is 11.5. The third kappa shape index (κ3) is 2.52. The summed E-state index contributed by atoms with van der Waals surface area (Å²) in [4.78, 5) is 12.1. The van der Waals surface area contributed by atoms with Crippen molar-refractivity contribution in [3.8, 4) is 0 Å². The first-order valence-corrected chi connectivity index (χ1v) is 6.54. The van der Waals surface area contributed by atoms with E-state index in [9.17, 15) is 4.79 Å². The smallest absolute Gasteiger partial charge is 0.226 e. The second-order valence-electron chi connectivity index (χ2n) is 5.65. The van der Waals surface area contributed by atoms with Crippen molar-refractivity contribution in [1.29, 1.82) is 0 Å². The minimum atomic E-state index is -0.355. The summed E-state index contributed by atoms with van der Waals surface area (Å²) in [6, 6.07) is 0.271. The van der Waals surface area contributed by atoms with E-state index in [0.717, 1.165) is 25.1 Å². The predicted octanol–water partition coefficient (Wildman–Crippen LogP) is 1.62. The van der Waals surface area contributed by atoms with E-state index in [2.05, 4.69) is 20.8 Å². The fourth-order valence-electron chi connectivity index (χ4n) is 1.68. The molecule has 100 valence electrons. The molecule has 1 saturated carbocycles. The minimum absolute atomic E-state index is 0.0443. The standard InChI is InChI=1S/C12H21N5O/c1-5-12(3,4)11(18)13-8(2)10-14-15-16-17(10)9-6-7-9/h8-9H,5-7H2,1-4H3,(H,13,18)/t8-/m1/s1. The van der Waals surface area contributed by atoms with Gasteiger partial charge in [0.15, 0.2) is 5.82 Å². The topological polar surface area (TPSA) is 72.7 Å². The Labute approximate surface area is 107 Å². The van der Waals surface area contributed by atoms with Gasteiger partial charge in [0, 0.05) is 5.41 Å². The first-order valence-electron chi connectivity index (χ1n) is 6.54. The van der Waals surface area contributed by atoms with E-state index in [1.807, 2.05) is 32.4 Å². The van der Waals surface area contributed by atoms with Gasteiger partial charge >= 0.3 is 0 Å². The van der Waals surface area contributed by atoms with E-state index in [0.29, 0.717) is 6.04 Å². The molecule has 1 aromatic rings. The maximum absolute atomic E-state index is 12.1. The molecule has 0 aromatic carbocycles. The SMILES string of the molecule is CCC(C)(C)C(=O)N[C@H](C)c1nnnn1C1CC1. The number of tetrazole rings is 1. The third-order valence-corrected chi connectivity index (χ3v) is 3.64. The quantitative estimate of drug-likeness (QED) is 0.863. The number of rotatable bonds is 5. The molecule has 0 bridgehead atoms. The van der Waals surface area contributed by atoms with Crippen LogP contribution in [0.4, 0.5) is 0 Å². The van der Waals surface area contributed by atoms with Crippen molar-refractivity contribution in [3.63, 3.8) is 0 Å². The summed E-state index contributed by atoms with van der Waals surface area (Å²) in [6.07, 6.45) is 3.05. The van der Waals surface area contributed by atoms with Crippen molar-refractivity contribution in [2.45, 2.75) is 59.0 Å². The van der Waals surface area contributed by atoms with Crippen LogP contribution in [-0.2, 0) is 4.79 Å². The fourth-order valence-corrected chi connectivity index (χ4v) is 1.68. The average Bonchev–Trinajstić information content (AvgIpc) is 3.06. The molecule has 2 rings (SSSR count). The second kappa shape index (κ2) is 4.66. The number of amides is 1. The molecule has 18 heavy (non-hydrogen) atoms. The van der Waals surface area contributed by atoms with Gasteiger partial charge in [-0.15, -0.1) is 5.10 Å². The molecular formula is C12H21N5O. The molecule has 0 spiro atoms. The van der Waals surface area contributed by atoms with Gasteiger partial charge in [0.2, 0.25) is 5.91 Å². The molecular weight excluding hydrogens is 230 g/mol. The van der Waals surface area contributed by atoms with Crippen LogP contribution < -0.4 is 5.32 Å². The van der Waals surface area contributed by atoms with Crippen LogP contribution >= 0.6 is 0 Å². The van der Waals surface area contributed by atoms with Gasteiger partial charge in [0.05, 0.1) is 12.1 Å². The van der Waals surface area contributed by atoms with Gasteiger partial charge in [-0.3, -0.25) is 4.79 Å². The number of carbonyl (C=O) groups excluding carboxylic acids is 1. The maximum atomic E-state index is 12.1. The van der Waals surface area contributed by atoms with Crippen LogP contribution in [0.2, 0.25) is 0 Å². The molecule has 1 aliphatic rings. The maximum Gasteiger partial charge on any atom is 0.226 e. The molecule has 1 aliphatic carbocycles. The highest BCUT2D eigenvalue weighted by Gasteiger charge is 2.32. The molecule has 0 aliphatic heterocycles. The highest BCUT2D eigenvalue weighted by atomic mass is 16.2. The molecule has 0 unspecified atom stereocenters. The Balaban J connectivity index is 2.05. The summed E-state index contributed by atoms with van der Waals surface area (Å²) >= 11 is 0. The first kappa shape index (κ1) is 13.0. The van der Waals surface area contributed by atoms with Gasteiger partial charge in [-0.25, -0.2) is 4.68 Å². The van der Waals surface area contributed by atoms with Gasteiger partial charge in [-0.1, -0.05) is 20.8 Å². The zero-order chi connectivity index (χ0) is 13.3. The van der Waals surface area contributed by atoms with E-state index < -0.39 is 0 Å². The van der Waals surface area contributed by atoms with Crippen LogP contribution in [0, 0.1) is 5.41 Å². The van der Waals surface area contributed by atoms with E-state index in [1.54, 1.807) is 0 Å². The first-order chi connectivity index (χ1) is 8.45. The Morgan fingerprint density at radius 3 is 2.78 bits per heavy atom. The molecule has 1 atom stereocenters. The van der Waals surface area contributed by atoms with Gasteiger partial charge in [-0.05, 0) is 36.6 Å². The number of hydrogen-bond donors (Lipinski definition) is 1. The Kier molecular flexibility index (Phi) is 3.36. The molecule has 6 nitrogen and oxygen atoms in total. The number of hydrogen-bond acceptors (Lipinski definition) is 4. The highest BCUT2D eigenvalue weighted by molar-refractivity contribution is 5.82. The summed E-state index contributed by atoms with van der Waals surface area (Å²) in [7, 11) is 0. The Morgan fingerprint density at radius 1 is 1.56 bits per heavy atom. The zero-order valence-corrected chi connectivity index (χ0v) is 11.5. The van der Waals surface area contributed by atoms with Gasteiger partial charge < -0.3 is 5.32 Å². The van der Waals surface area contributed by atoms with Crippen LogP contribution in [0.1, 0.15) is 64.9 Å². The molecule has 1 fully saturated rings. The minimum Gasteiger partial charge on any atom is -0.346 e. The monoisotopic (exact) mass is 251 g/mol. The lowest BCUT2D eigenvalue weighted by Gasteiger charge is -2.24. The summed E-state index contributed by atoms with van der Waals surface area (Å²) in [5, 5.41) is 14.7. The van der Waals surface area contributed by atoms with Crippen molar-refractivity contribution in [2.75, 3.05) is 0 Å². The Bertz CT molecular complexity index is 435. The van der Waals surface area contributed by atoms with Gasteiger partial charge in [-0.2, -0.15) is 0 Å². The van der Waals surface area contributed by atoms with E-state index in [1.165, 1.54) is 0 Å². The van der Waals surface area contributed by atoms with Crippen LogP contribution in [0.5, 0.6) is 0 Å².